The number of hydrogen-bond donors (Lipinski definition) is 1. The van der Waals surface area contributed by atoms with Gasteiger partial charge in [-0.15, -0.1) is 0 Å². The van der Waals surface area contributed by atoms with Crippen LogP contribution in [0.2, 0.25) is 0 Å². The minimum Gasteiger partial charge on any atom is -0.337 e. The van der Waals surface area contributed by atoms with Crippen LogP contribution in [-0.2, 0) is 13.6 Å². The second kappa shape index (κ2) is 4.11. The molecule has 4 heteroatoms. The molecule has 1 aliphatic heterocycles. The van der Waals surface area contributed by atoms with E-state index in [1.165, 1.54) is 5.69 Å². The van der Waals surface area contributed by atoms with Crippen molar-refractivity contribution >= 4 is 0 Å². The fourth-order valence-corrected chi connectivity index (χ4v) is 1.86. The van der Waals surface area contributed by atoms with Crippen LogP contribution in [-0.4, -0.2) is 40.1 Å². The predicted molar refractivity (Wildman–Crippen MR) is 55.9 cm³/mol. The van der Waals surface area contributed by atoms with Crippen LogP contribution in [0, 0.1) is 0 Å². The molecule has 1 aromatic heterocycles. The molecule has 0 radical (unpaired) electrons. The first-order valence-electron chi connectivity index (χ1n) is 5.17. The maximum Gasteiger partial charge on any atom is 0.0945 e. The molecule has 0 amide bonds. The first-order valence-corrected chi connectivity index (χ1v) is 5.17. The Labute approximate surface area is 84.9 Å². The van der Waals surface area contributed by atoms with Gasteiger partial charge in [0.15, 0.2) is 0 Å². The van der Waals surface area contributed by atoms with Crippen molar-refractivity contribution in [1.29, 1.82) is 0 Å². The number of imidazole rings is 1. The summed E-state index contributed by atoms with van der Waals surface area (Å²) in [5, 5.41) is 3.39. The zero-order valence-corrected chi connectivity index (χ0v) is 8.90. The van der Waals surface area contributed by atoms with E-state index in [4.69, 9.17) is 0 Å². The lowest BCUT2D eigenvalue weighted by Crippen LogP contribution is -2.49. The summed E-state index contributed by atoms with van der Waals surface area (Å²) in [6, 6.07) is 0.624. The standard InChI is InChI=1S/C10H18N4/c1-9-5-11-3-4-14(9)7-10-6-12-8-13(10)2/h6,8-9,11H,3-5,7H2,1-2H3/t9-/m0/s1. The zero-order chi connectivity index (χ0) is 9.97. The summed E-state index contributed by atoms with van der Waals surface area (Å²) in [5.74, 6) is 0. The Morgan fingerprint density at radius 2 is 2.50 bits per heavy atom. The van der Waals surface area contributed by atoms with Gasteiger partial charge in [-0.1, -0.05) is 0 Å². The first kappa shape index (κ1) is 9.68. The van der Waals surface area contributed by atoms with E-state index in [0.717, 1.165) is 26.2 Å². The largest absolute Gasteiger partial charge is 0.337 e. The molecule has 1 saturated heterocycles. The summed E-state index contributed by atoms with van der Waals surface area (Å²) in [6.07, 6.45) is 3.82. The summed E-state index contributed by atoms with van der Waals surface area (Å²) >= 11 is 0. The van der Waals surface area contributed by atoms with Crippen molar-refractivity contribution in [2.75, 3.05) is 19.6 Å². The monoisotopic (exact) mass is 194 g/mol. The lowest BCUT2D eigenvalue weighted by Gasteiger charge is -2.33. The second-order valence-electron chi connectivity index (χ2n) is 4.02. The molecule has 0 bridgehead atoms. The van der Waals surface area contributed by atoms with E-state index in [1.54, 1.807) is 0 Å². The molecule has 0 aliphatic carbocycles. The molecule has 0 unspecified atom stereocenters. The van der Waals surface area contributed by atoms with Gasteiger partial charge in [-0.25, -0.2) is 4.98 Å². The van der Waals surface area contributed by atoms with Crippen molar-refractivity contribution in [2.24, 2.45) is 7.05 Å². The highest BCUT2D eigenvalue weighted by atomic mass is 15.2. The molecule has 1 aromatic rings. The first-order chi connectivity index (χ1) is 6.77. The topological polar surface area (TPSA) is 33.1 Å². The van der Waals surface area contributed by atoms with Crippen molar-refractivity contribution in [3.05, 3.63) is 18.2 Å². The maximum absolute atomic E-state index is 4.13. The molecule has 2 rings (SSSR count). The number of aromatic nitrogens is 2. The van der Waals surface area contributed by atoms with Gasteiger partial charge in [0.05, 0.1) is 12.0 Å². The maximum atomic E-state index is 4.13. The minimum atomic E-state index is 0.624. The summed E-state index contributed by atoms with van der Waals surface area (Å²) in [4.78, 5) is 6.63. The third kappa shape index (κ3) is 1.96. The molecule has 0 saturated carbocycles. The molecule has 1 aliphatic rings. The molecule has 1 atom stereocenters. The molecular weight excluding hydrogens is 176 g/mol. The summed E-state index contributed by atoms with van der Waals surface area (Å²) in [7, 11) is 2.05. The van der Waals surface area contributed by atoms with Crippen molar-refractivity contribution < 1.29 is 0 Å². The van der Waals surface area contributed by atoms with Crippen LogP contribution >= 0.6 is 0 Å². The molecule has 0 aromatic carbocycles. The van der Waals surface area contributed by atoms with Gasteiger partial charge in [0.25, 0.3) is 0 Å². The van der Waals surface area contributed by atoms with E-state index < -0.39 is 0 Å². The fraction of sp³-hybridized carbons (Fsp3) is 0.700. The fourth-order valence-electron chi connectivity index (χ4n) is 1.86. The summed E-state index contributed by atoms with van der Waals surface area (Å²) in [5.41, 5.74) is 1.29. The molecular formula is C10H18N4. The van der Waals surface area contributed by atoms with Crippen LogP contribution in [0.15, 0.2) is 12.5 Å². The lowest BCUT2D eigenvalue weighted by molar-refractivity contribution is 0.162. The van der Waals surface area contributed by atoms with Gasteiger partial charge >= 0.3 is 0 Å². The third-order valence-corrected chi connectivity index (χ3v) is 2.92. The molecule has 1 N–H and O–H groups in total. The molecule has 0 spiro atoms. The highest BCUT2D eigenvalue weighted by molar-refractivity contribution is 4.98. The van der Waals surface area contributed by atoms with Gasteiger partial charge in [-0.2, -0.15) is 0 Å². The number of rotatable bonds is 2. The van der Waals surface area contributed by atoms with Gasteiger partial charge < -0.3 is 9.88 Å². The van der Waals surface area contributed by atoms with Gasteiger partial charge in [-0.05, 0) is 6.92 Å². The van der Waals surface area contributed by atoms with Crippen LogP contribution in [0.5, 0.6) is 0 Å². The average Bonchev–Trinajstić information content (AvgIpc) is 2.56. The number of nitrogens with zero attached hydrogens (tertiary/aromatic N) is 3. The van der Waals surface area contributed by atoms with Crippen LogP contribution < -0.4 is 5.32 Å². The third-order valence-electron chi connectivity index (χ3n) is 2.92. The van der Waals surface area contributed by atoms with Crippen LogP contribution in [0.4, 0.5) is 0 Å². The number of nitrogens with one attached hydrogen (secondary N) is 1. The number of hydrogen-bond acceptors (Lipinski definition) is 3. The summed E-state index contributed by atoms with van der Waals surface area (Å²) in [6.45, 7) is 6.61. The van der Waals surface area contributed by atoms with E-state index in [0.29, 0.717) is 6.04 Å². The van der Waals surface area contributed by atoms with Gasteiger partial charge in [0.2, 0.25) is 0 Å². The highest BCUT2D eigenvalue weighted by Crippen LogP contribution is 2.08. The highest BCUT2D eigenvalue weighted by Gasteiger charge is 2.18. The number of piperazine rings is 1. The molecule has 2 heterocycles. The zero-order valence-electron chi connectivity index (χ0n) is 8.90. The van der Waals surface area contributed by atoms with Crippen molar-refractivity contribution in [1.82, 2.24) is 19.8 Å². The quantitative estimate of drug-likeness (QED) is 0.731. The number of aryl methyl sites for hydroxylation is 1. The average molecular weight is 194 g/mol. The Morgan fingerprint density at radius 1 is 1.64 bits per heavy atom. The Hall–Kier alpha value is -0.870. The minimum absolute atomic E-state index is 0.624. The van der Waals surface area contributed by atoms with Crippen molar-refractivity contribution in [3.63, 3.8) is 0 Å². The molecule has 1 fully saturated rings. The Bertz CT molecular complexity index is 294. The Morgan fingerprint density at radius 3 is 3.14 bits per heavy atom. The summed E-state index contributed by atoms with van der Waals surface area (Å²) < 4.78 is 2.09. The lowest BCUT2D eigenvalue weighted by atomic mass is 10.2. The molecule has 78 valence electrons. The normalized spacial score (nSPS) is 24.0. The van der Waals surface area contributed by atoms with Crippen molar-refractivity contribution in [2.45, 2.75) is 19.5 Å². The van der Waals surface area contributed by atoms with E-state index in [-0.39, 0.29) is 0 Å². The van der Waals surface area contributed by atoms with E-state index in [1.807, 2.05) is 12.5 Å². The van der Waals surface area contributed by atoms with E-state index >= 15 is 0 Å². The Balaban J connectivity index is 1.99. The molecule has 14 heavy (non-hydrogen) atoms. The SMILES string of the molecule is C[C@H]1CNCCN1Cc1cncn1C. The van der Waals surface area contributed by atoms with Crippen LogP contribution in [0.25, 0.3) is 0 Å². The van der Waals surface area contributed by atoms with Gasteiger partial charge in [0.1, 0.15) is 0 Å². The molecule has 4 nitrogen and oxygen atoms in total. The van der Waals surface area contributed by atoms with E-state index in [9.17, 15) is 0 Å². The van der Waals surface area contributed by atoms with E-state index in [2.05, 4.69) is 33.7 Å². The second-order valence-corrected chi connectivity index (χ2v) is 4.02. The smallest absolute Gasteiger partial charge is 0.0945 e. The van der Waals surface area contributed by atoms with Crippen LogP contribution in [0.1, 0.15) is 12.6 Å². The van der Waals surface area contributed by atoms with Gasteiger partial charge in [0, 0.05) is 45.5 Å². The predicted octanol–water partition coefficient (Wildman–Crippen LogP) is 0.214. The van der Waals surface area contributed by atoms with Gasteiger partial charge in [-0.3, -0.25) is 4.90 Å². The van der Waals surface area contributed by atoms with Crippen molar-refractivity contribution in [3.8, 4) is 0 Å². The van der Waals surface area contributed by atoms with Crippen LogP contribution in [0.3, 0.4) is 0 Å². The Kier molecular flexibility index (Phi) is 2.84.